The summed E-state index contributed by atoms with van der Waals surface area (Å²) in [5.41, 5.74) is 0. The normalized spacial score (nSPS) is 10.4. The molecule has 1 aromatic rings. The summed E-state index contributed by atoms with van der Waals surface area (Å²) in [5, 5.41) is 11.3. The summed E-state index contributed by atoms with van der Waals surface area (Å²) < 4.78 is 0. The minimum absolute atomic E-state index is 0.550. The predicted octanol–water partition coefficient (Wildman–Crippen LogP) is -0.597. The predicted molar refractivity (Wildman–Crippen MR) is 51.2 cm³/mol. The molecule has 0 bridgehead atoms. The SMILES string of the molecule is CNCCCN(N)c1n[nH]c(C)n1. The van der Waals surface area contributed by atoms with Gasteiger partial charge in [-0.3, -0.25) is 10.1 Å². The number of anilines is 1. The van der Waals surface area contributed by atoms with Gasteiger partial charge in [0.25, 0.3) is 5.95 Å². The summed E-state index contributed by atoms with van der Waals surface area (Å²) in [6.07, 6.45) is 0.973. The van der Waals surface area contributed by atoms with Gasteiger partial charge in [0.1, 0.15) is 5.82 Å². The highest BCUT2D eigenvalue weighted by atomic mass is 15.5. The fourth-order valence-corrected chi connectivity index (χ4v) is 0.986. The molecule has 1 aromatic heterocycles. The number of hydrogen-bond acceptors (Lipinski definition) is 5. The van der Waals surface area contributed by atoms with Gasteiger partial charge in [-0.15, -0.1) is 5.10 Å². The first-order chi connectivity index (χ1) is 6.24. The Morgan fingerprint density at radius 2 is 2.38 bits per heavy atom. The molecule has 0 radical (unpaired) electrons. The van der Waals surface area contributed by atoms with E-state index in [2.05, 4.69) is 20.5 Å². The van der Waals surface area contributed by atoms with E-state index >= 15 is 0 Å². The van der Waals surface area contributed by atoms with Gasteiger partial charge < -0.3 is 5.32 Å². The van der Waals surface area contributed by atoms with Gasteiger partial charge in [0.05, 0.1) is 0 Å². The highest BCUT2D eigenvalue weighted by molar-refractivity contribution is 5.24. The molecule has 0 aliphatic carbocycles. The van der Waals surface area contributed by atoms with Crippen molar-refractivity contribution in [3.63, 3.8) is 0 Å². The van der Waals surface area contributed by atoms with Gasteiger partial charge in [0.15, 0.2) is 0 Å². The number of H-pyrrole nitrogens is 1. The number of hydrazine groups is 1. The Labute approximate surface area is 77.5 Å². The molecule has 1 heterocycles. The Hall–Kier alpha value is -1.14. The van der Waals surface area contributed by atoms with Gasteiger partial charge >= 0.3 is 0 Å². The van der Waals surface area contributed by atoms with Crippen LogP contribution in [0.25, 0.3) is 0 Å². The second-order valence-electron chi connectivity index (χ2n) is 2.87. The summed E-state index contributed by atoms with van der Waals surface area (Å²) in [6, 6.07) is 0. The molecule has 0 saturated heterocycles. The lowest BCUT2D eigenvalue weighted by Crippen LogP contribution is -2.34. The first-order valence-corrected chi connectivity index (χ1v) is 4.30. The van der Waals surface area contributed by atoms with Gasteiger partial charge in [-0.25, -0.2) is 5.84 Å². The minimum Gasteiger partial charge on any atom is -0.320 e. The van der Waals surface area contributed by atoms with Crippen LogP contribution >= 0.6 is 0 Å². The van der Waals surface area contributed by atoms with Crippen LogP contribution in [0.2, 0.25) is 0 Å². The molecule has 1 rings (SSSR count). The van der Waals surface area contributed by atoms with Crippen LogP contribution in [0.4, 0.5) is 5.95 Å². The van der Waals surface area contributed by atoms with Crippen molar-refractivity contribution in [1.29, 1.82) is 0 Å². The van der Waals surface area contributed by atoms with Crippen LogP contribution in [-0.2, 0) is 0 Å². The standard InChI is InChI=1S/C7H16N6/c1-6-10-7(12-11-6)13(8)5-3-4-9-2/h9H,3-5,8H2,1-2H3,(H,10,11,12). The molecule has 0 aromatic carbocycles. The van der Waals surface area contributed by atoms with E-state index in [0.29, 0.717) is 5.95 Å². The molecule has 0 unspecified atom stereocenters. The third-order valence-electron chi connectivity index (χ3n) is 1.67. The maximum absolute atomic E-state index is 5.71. The van der Waals surface area contributed by atoms with Crippen molar-refractivity contribution in [3.05, 3.63) is 5.82 Å². The Morgan fingerprint density at radius 3 is 2.92 bits per heavy atom. The third kappa shape index (κ3) is 3.00. The number of rotatable bonds is 5. The Kier molecular flexibility index (Phi) is 3.66. The van der Waals surface area contributed by atoms with Crippen molar-refractivity contribution in [2.24, 2.45) is 5.84 Å². The van der Waals surface area contributed by atoms with E-state index in [0.717, 1.165) is 25.3 Å². The fourth-order valence-electron chi connectivity index (χ4n) is 0.986. The first-order valence-electron chi connectivity index (χ1n) is 4.30. The van der Waals surface area contributed by atoms with Crippen molar-refractivity contribution in [1.82, 2.24) is 20.5 Å². The second kappa shape index (κ2) is 4.78. The maximum atomic E-state index is 5.71. The molecule has 0 aliphatic heterocycles. The number of aromatic nitrogens is 3. The average molecular weight is 184 g/mol. The second-order valence-corrected chi connectivity index (χ2v) is 2.87. The highest BCUT2D eigenvalue weighted by Gasteiger charge is 2.05. The number of nitrogens with two attached hydrogens (primary N) is 1. The molecule has 74 valence electrons. The summed E-state index contributed by atoms with van der Waals surface area (Å²) in [6.45, 7) is 3.53. The molecule has 13 heavy (non-hydrogen) atoms. The highest BCUT2D eigenvalue weighted by Crippen LogP contribution is 2.01. The third-order valence-corrected chi connectivity index (χ3v) is 1.67. The van der Waals surface area contributed by atoms with E-state index in [-0.39, 0.29) is 0 Å². The lowest BCUT2D eigenvalue weighted by atomic mass is 10.4. The molecule has 0 atom stereocenters. The fraction of sp³-hybridized carbons (Fsp3) is 0.714. The summed E-state index contributed by atoms with van der Waals surface area (Å²) in [7, 11) is 1.91. The van der Waals surface area contributed by atoms with Gasteiger partial charge in [-0.1, -0.05) is 0 Å². The molecule has 0 aliphatic rings. The van der Waals surface area contributed by atoms with Crippen molar-refractivity contribution in [2.75, 3.05) is 25.1 Å². The Balaban J connectivity index is 2.35. The Morgan fingerprint density at radius 1 is 1.62 bits per heavy atom. The molecular formula is C7H16N6. The van der Waals surface area contributed by atoms with Crippen LogP contribution in [-0.4, -0.2) is 35.3 Å². The Bertz CT molecular complexity index is 245. The van der Waals surface area contributed by atoms with E-state index in [1.54, 1.807) is 5.01 Å². The molecule has 6 heteroatoms. The van der Waals surface area contributed by atoms with Crippen LogP contribution in [0, 0.1) is 6.92 Å². The number of aryl methyl sites for hydroxylation is 1. The van der Waals surface area contributed by atoms with Crippen LogP contribution in [0.5, 0.6) is 0 Å². The van der Waals surface area contributed by atoms with Crippen molar-refractivity contribution < 1.29 is 0 Å². The molecular weight excluding hydrogens is 168 g/mol. The lowest BCUT2D eigenvalue weighted by Gasteiger charge is -2.13. The van der Waals surface area contributed by atoms with Gasteiger partial charge in [-0.2, -0.15) is 4.98 Å². The molecule has 4 N–H and O–H groups in total. The number of nitrogens with zero attached hydrogens (tertiary/aromatic N) is 3. The largest absolute Gasteiger partial charge is 0.320 e. The number of hydrogen-bond donors (Lipinski definition) is 3. The smallest absolute Gasteiger partial charge is 0.258 e. The maximum Gasteiger partial charge on any atom is 0.258 e. The van der Waals surface area contributed by atoms with E-state index < -0.39 is 0 Å². The molecule has 0 saturated carbocycles. The van der Waals surface area contributed by atoms with Crippen LogP contribution in [0.15, 0.2) is 0 Å². The van der Waals surface area contributed by atoms with Crippen LogP contribution in [0.3, 0.4) is 0 Å². The zero-order chi connectivity index (χ0) is 9.68. The summed E-state index contributed by atoms with van der Waals surface area (Å²) in [5.74, 6) is 7.04. The van der Waals surface area contributed by atoms with Gasteiger partial charge in [-0.05, 0) is 26.9 Å². The zero-order valence-corrected chi connectivity index (χ0v) is 8.04. The molecule has 0 amide bonds. The average Bonchev–Trinajstić information content (AvgIpc) is 2.52. The quantitative estimate of drug-likeness (QED) is 0.323. The van der Waals surface area contributed by atoms with E-state index in [1.165, 1.54) is 0 Å². The molecule has 0 fully saturated rings. The van der Waals surface area contributed by atoms with Crippen molar-refractivity contribution in [3.8, 4) is 0 Å². The topological polar surface area (TPSA) is 82.9 Å². The molecule has 6 nitrogen and oxygen atoms in total. The number of nitrogens with one attached hydrogen (secondary N) is 2. The summed E-state index contributed by atoms with van der Waals surface area (Å²) >= 11 is 0. The van der Waals surface area contributed by atoms with Crippen LogP contribution in [0.1, 0.15) is 12.2 Å². The summed E-state index contributed by atoms with van der Waals surface area (Å²) in [4.78, 5) is 4.10. The van der Waals surface area contributed by atoms with E-state index in [4.69, 9.17) is 5.84 Å². The van der Waals surface area contributed by atoms with Crippen LogP contribution < -0.4 is 16.2 Å². The van der Waals surface area contributed by atoms with E-state index in [1.807, 2.05) is 14.0 Å². The van der Waals surface area contributed by atoms with Gasteiger partial charge in [0.2, 0.25) is 0 Å². The lowest BCUT2D eigenvalue weighted by molar-refractivity contribution is 0.686. The van der Waals surface area contributed by atoms with Gasteiger partial charge in [0, 0.05) is 6.54 Å². The minimum atomic E-state index is 0.550. The van der Waals surface area contributed by atoms with E-state index in [9.17, 15) is 0 Å². The van der Waals surface area contributed by atoms with Crippen molar-refractivity contribution >= 4 is 5.95 Å². The zero-order valence-electron chi connectivity index (χ0n) is 8.04. The number of aromatic amines is 1. The first kappa shape index (κ1) is 9.94. The monoisotopic (exact) mass is 184 g/mol. The molecule has 0 spiro atoms. The van der Waals surface area contributed by atoms with Crippen molar-refractivity contribution in [2.45, 2.75) is 13.3 Å².